The molecule has 0 aromatic carbocycles. The fourth-order valence-electron chi connectivity index (χ4n) is 0.559. The standard InChI is InChI=1S/C8H19N.HI/c1-8(2,3)6-7-9(4)5;/h6-7H2,1-5H3;1H. The van der Waals surface area contributed by atoms with Gasteiger partial charge < -0.3 is 4.90 Å². The van der Waals surface area contributed by atoms with E-state index in [9.17, 15) is 0 Å². The summed E-state index contributed by atoms with van der Waals surface area (Å²) in [5.41, 5.74) is 0.490. The molecule has 0 saturated carbocycles. The highest BCUT2D eigenvalue weighted by atomic mass is 127. The lowest BCUT2D eigenvalue weighted by atomic mass is 9.92. The Labute approximate surface area is 82.2 Å². The van der Waals surface area contributed by atoms with Crippen molar-refractivity contribution in [2.45, 2.75) is 27.2 Å². The Hall–Kier alpha value is 0.690. The molecule has 0 aromatic heterocycles. The van der Waals surface area contributed by atoms with Crippen LogP contribution in [0.4, 0.5) is 0 Å². The lowest BCUT2D eigenvalue weighted by molar-refractivity contribution is 0.297. The summed E-state index contributed by atoms with van der Waals surface area (Å²) in [5, 5.41) is 0. The molecule has 0 amide bonds. The predicted molar refractivity (Wildman–Crippen MR) is 58.0 cm³/mol. The summed E-state index contributed by atoms with van der Waals surface area (Å²) in [7, 11) is 4.23. The number of hydrogen-bond donors (Lipinski definition) is 0. The summed E-state index contributed by atoms with van der Waals surface area (Å²) in [6.45, 7) is 8.02. The summed E-state index contributed by atoms with van der Waals surface area (Å²) in [5.74, 6) is 0. The van der Waals surface area contributed by atoms with Crippen molar-refractivity contribution >= 4 is 24.0 Å². The molecular weight excluding hydrogens is 237 g/mol. The normalized spacial score (nSPS) is 11.4. The zero-order chi connectivity index (χ0) is 7.49. The Morgan fingerprint density at radius 3 is 1.60 bits per heavy atom. The first-order valence-corrected chi connectivity index (χ1v) is 3.56. The quantitative estimate of drug-likeness (QED) is 0.687. The molecule has 1 nitrogen and oxygen atoms in total. The molecule has 0 fully saturated rings. The molecule has 2 heteroatoms. The van der Waals surface area contributed by atoms with Crippen LogP contribution in [0.2, 0.25) is 0 Å². The predicted octanol–water partition coefficient (Wildman–Crippen LogP) is 2.60. The van der Waals surface area contributed by atoms with Crippen LogP contribution in [0.5, 0.6) is 0 Å². The first kappa shape index (κ1) is 13.3. The van der Waals surface area contributed by atoms with Crippen molar-refractivity contribution in [3.63, 3.8) is 0 Å². The van der Waals surface area contributed by atoms with E-state index in [0.717, 1.165) is 0 Å². The van der Waals surface area contributed by atoms with E-state index in [2.05, 4.69) is 39.8 Å². The highest BCUT2D eigenvalue weighted by Crippen LogP contribution is 2.17. The van der Waals surface area contributed by atoms with Gasteiger partial charge in [0.05, 0.1) is 0 Å². The number of nitrogens with zero attached hydrogens (tertiary/aromatic N) is 1. The Balaban J connectivity index is 0. The van der Waals surface area contributed by atoms with Crippen LogP contribution >= 0.6 is 24.0 Å². The second-order valence-electron chi connectivity index (χ2n) is 4.11. The Bertz CT molecular complexity index is 73.8. The zero-order valence-electron chi connectivity index (χ0n) is 7.77. The molecule has 0 rings (SSSR count). The molecule has 0 spiro atoms. The molecule has 0 heterocycles. The lowest BCUT2D eigenvalue weighted by Gasteiger charge is -2.20. The van der Waals surface area contributed by atoms with E-state index in [1.165, 1.54) is 13.0 Å². The van der Waals surface area contributed by atoms with Crippen LogP contribution in [0.3, 0.4) is 0 Å². The molecule has 10 heavy (non-hydrogen) atoms. The van der Waals surface area contributed by atoms with Crippen molar-refractivity contribution in [3.05, 3.63) is 0 Å². The van der Waals surface area contributed by atoms with Gasteiger partial charge in [0.15, 0.2) is 0 Å². The molecule has 0 N–H and O–H groups in total. The van der Waals surface area contributed by atoms with Crippen molar-refractivity contribution in [2.24, 2.45) is 5.41 Å². The van der Waals surface area contributed by atoms with Crippen molar-refractivity contribution in [3.8, 4) is 0 Å². The van der Waals surface area contributed by atoms with Crippen LogP contribution in [0, 0.1) is 5.41 Å². The molecule has 0 bridgehead atoms. The summed E-state index contributed by atoms with van der Waals surface area (Å²) in [6.07, 6.45) is 1.28. The third-order valence-electron chi connectivity index (χ3n) is 1.31. The van der Waals surface area contributed by atoms with Crippen molar-refractivity contribution < 1.29 is 0 Å². The Morgan fingerprint density at radius 1 is 1.10 bits per heavy atom. The van der Waals surface area contributed by atoms with Gasteiger partial charge in [0.1, 0.15) is 0 Å². The van der Waals surface area contributed by atoms with Crippen molar-refractivity contribution in [1.82, 2.24) is 4.90 Å². The van der Waals surface area contributed by atoms with Gasteiger partial charge >= 0.3 is 0 Å². The fraction of sp³-hybridized carbons (Fsp3) is 1.00. The number of rotatable bonds is 2. The third kappa shape index (κ3) is 11.5. The van der Waals surface area contributed by atoms with E-state index < -0.39 is 0 Å². The second kappa shape index (κ2) is 5.35. The topological polar surface area (TPSA) is 3.24 Å². The molecule has 0 radical (unpaired) electrons. The summed E-state index contributed by atoms with van der Waals surface area (Å²) in [4.78, 5) is 2.23. The molecule has 0 aliphatic carbocycles. The van der Waals surface area contributed by atoms with Crippen LogP contribution in [0.1, 0.15) is 27.2 Å². The van der Waals surface area contributed by atoms with Gasteiger partial charge in [0.2, 0.25) is 0 Å². The van der Waals surface area contributed by atoms with E-state index in [1.807, 2.05) is 0 Å². The number of hydrogen-bond acceptors (Lipinski definition) is 1. The number of halogens is 1. The minimum atomic E-state index is 0. The van der Waals surface area contributed by atoms with Gasteiger partial charge in [0, 0.05) is 0 Å². The summed E-state index contributed by atoms with van der Waals surface area (Å²) in [6, 6.07) is 0. The molecule has 0 aliphatic rings. The molecule has 0 aromatic rings. The van der Waals surface area contributed by atoms with E-state index in [1.54, 1.807) is 0 Å². The second-order valence-corrected chi connectivity index (χ2v) is 4.11. The Kier molecular flexibility index (Phi) is 7.12. The highest BCUT2D eigenvalue weighted by molar-refractivity contribution is 14.0. The van der Waals surface area contributed by atoms with E-state index in [4.69, 9.17) is 0 Å². The highest BCUT2D eigenvalue weighted by Gasteiger charge is 2.08. The van der Waals surface area contributed by atoms with Crippen LogP contribution in [-0.2, 0) is 0 Å². The van der Waals surface area contributed by atoms with Crippen LogP contribution in [-0.4, -0.2) is 25.5 Å². The third-order valence-corrected chi connectivity index (χ3v) is 1.31. The van der Waals surface area contributed by atoms with Crippen molar-refractivity contribution in [1.29, 1.82) is 0 Å². The van der Waals surface area contributed by atoms with Crippen LogP contribution < -0.4 is 0 Å². The average Bonchev–Trinajstić information content (AvgIpc) is 1.59. The fourth-order valence-corrected chi connectivity index (χ4v) is 0.559. The van der Waals surface area contributed by atoms with Gasteiger partial charge in [-0.25, -0.2) is 0 Å². The van der Waals surface area contributed by atoms with Gasteiger partial charge in [-0.1, -0.05) is 20.8 Å². The monoisotopic (exact) mass is 257 g/mol. The van der Waals surface area contributed by atoms with Gasteiger partial charge in [-0.3, -0.25) is 0 Å². The summed E-state index contributed by atoms with van der Waals surface area (Å²) >= 11 is 0. The van der Waals surface area contributed by atoms with E-state index in [-0.39, 0.29) is 24.0 Å². The average molecular weight is 257 g/mol. The molecule has 0 unspecified atom stereocenters. The van der Waals surface area contributed by atoms with Gasteiger partial charge in [-0.15, -0.1) is 24.0 Å². The largest absolute Gasteiger partial charge is 0.309 e. The first-order valence-electron chi connectivity index (χ1n) is 3.56. The maximum absolute atomic E-state index is 2.27. The maximum atomic E-state index is 2.27. The smallest absolute Gasteiger partial charge is 0.00198 e. The molecule has 0 saturated heterocycles. The zero-order valence-corrected chi connectivity index (χ0v) is 10.1. The molecule has 0 atom stereocenters. The molecular formula is C8H20IN. The van der Waals surface area contributed by atoms with Crippen LogP contribution in [0.25, 0.3) is 0 Å². The molecule has 0 aliphatic heterocycles. The van der Waals surface area contributed by atoms with Gasteiger partial charge in [-0.2, -0.15) is 0 Å². The lowest BCUT2D eigenvalue weighted by Crippen LogP contribution is -2.19. The van der Waals surface area contributed by atoms with Gasteiger partial charge in [-0.05, 0) is 32.5 Å². The van der Waals surface area contributed by atoms with Crippen LogP contribution in [0.15, 0.2) is 0 Å². The SMILES string of the molecule is CN(C)CCC(C)(C)C.I. The maximum Gasteiger partial charge on any atom is -0.00198 e. The summed E-state index contributed by atoms with van der Waals surface area (Å²) < 4.78 is 0. The van der Waals surface area contributed by atoms with Crippen molar-refractivity contribution in [2.75, 3.05) is 20.6 Å². The van der Waals surface area contributed by atoms with Gasteiger partial charge in [0.25, 0.3) is 0 Å². The van der Waals surface area contributed by atoms with E-state index >= 15 is 0 Å². The minimum absolute atomic E-state index is 0. The molecule has 64 valence electrons. The Morgan fingerprint density at radius 2 is 1.50 bits per heavy atom. The first-order chi connectivity index (χ1) is 3.92. The minimum Gasteiger partial charge on any atom is -0.309 e. The van der Waals surface area contributed by atoms with E-state index in [0.29, 0.717) is 5.41 Å².